The minimum absolute atomic E-state index is 0.0225. The molecule has 110 valence electrons. The van der Waals surface area contributed by atoms with Gasteiger partial charge in [-0.3, -0.25) is 4.79 Å². The van der Waals surface area contributed by atoms with Crippen LogP contribution in [0.4, 0.5) is 5.69 Å². The van der Waals surface area contributed by atoms with Gasteiger partial charge < -0.3 is 10.1 Å². The molecule has 0 saturated carbocycles. The van der Waals surface area contributed by atoms with Crippen molar-refractivity contribution in [1.82, 2.24) is 0 Å². The second-order valence-electron chi connectivity index (χ2n) is 4.82. The van der Waals surface area contributed by atoms with Crippen molar-refractivity contribution in [2.75, 3.05) is 11.9 Å². The van der Waals surface area contributed by atoms with Crippen LogP contribution in [0.25, 0.3) is 0 Å². The third-order valence-electron chi connectivity index (χ3n) is 3.22. The molecule has 8 heteroatoms. The summed E-state index contributed by atoms with van der Waals surface area (Å²) in [6.07, 6.45) is 1.50. The van der Waals surface area contributed by atoms with Gasteiger partial charge in [0.05, 0.1) is 10.6 Å². The Morgan fingerprint density at radius 2 is 2.20 bits per heavy atom. The van der Waals surface area contributed by atoms with Crippen LogP contribution in [0.15, 0.2) is 27.6 Å². The van der Waals surface area contributed by atoms with Crippen molar-refractivity contribution >= 4 is 37.5 Å². The number of primary sulfonamides is 1. The highest BCUT2D eigenvalue weighted by Gasteiger charge is 2.37. The van der Waals surface area contributed by atoms with Crippen molar-refractivity contribution in [2.24, 2.45) is 5.14 Å². The number of ether oxygens (including phenoxy) is 1. The number of nitrogens with one attached hydrogen (secondary N) is 1. The van der Waals surface area contributed by atoms with E-state index in [4.69, 9.17) is 9.88 Å². The highest BCUT2D eigenvalue weighted by atomic mass is 79.9. The van der Waals surface area contributed by atoms with E-state index in [0.29, 0.717) is 23.2 Å². The Bertz CT molecular complexity index is 639. The number of nitrogens with two attached hydrogens (primary N) is 1. The minimum Gasteiger partial charge on any atom is -0.365 e. The fraction of sp³-hybridized carbons (Fsp3) is 0.417. The largest absolute Gasteiger partial charge is 0.365 e. The number of rotatable bonds is 3. The summed E-state index contributed by atoms with van der Waals surface area (Å²) < 4.78 is 28.3. The van der Waals surface area contributed by atoms with E-state index in [1.807, 2.05) is 0 Å². The molecular formula is C12H15BrN2O4S. The lowest BCUT2D eigenvalue weighted by atomic mass is 10.0. The average molecular weight is 363 g/mol. The molecule has 1 aliphatic rings. The Balaban J connectivity index is 2.20. The van der Waals surface area contributed by atoms with Crippen LogP contribution in [0.5, 0.6) is 0 Å². The molecule has 0 bridgehead atoms. The third-order valence-corrected chi connectivity index (χ3v) is 4.78. The Morgan fingerprint density at radius 3 is 2.70 bits per heavy atom. The SMILES string of the molecule is CC1(C(=O)Nc2ccc(S(N)(=O)=O)cc2Br)CCCO1. The highest BCUT2D eigenvalue weighted by molar-refractivity contribution is 9.10. The van der Waals surface area contributed by atoms with E-state index in [-0.39, 0.29) is 10.8 Å². The minimum atomic E-state index is -3.77. The third kappa shape index (κ3) is 3.20. The van der Waals surface area contributed by atoms with Crippen molar-refractivity contribution in [3.05, 3.63) is 22.7 Å². The molecule has 6 nitrogen and oxygen atoms in total. The molecule has 1 amide bonds. The van der Waals surface area contributed by atoms with Crippen LogP contribution in [0.2, 0.25) is 0 Å². The Hall–Kier alpha value is -0.960. The fourth-order valence-electron chi connectivity index (χ4n) is 1.99. The molecule has 1 atom stereocenters. The molecule has 1 aromatic carbocycles. The lowest BCUT2D eigenvalue weighted by Crippen LogP contribution is -2.39. The summed E-state index contributed by atoms with van der Waals surface area (Å²) in [5.74, 6) is -0.251. The normalized spacial score (nSPS) is 22.8. The van der Waals surface area contributed by atoms with Gasteiger partial charge in [0.15, 0.2) is 0 Å². The van der Waals surface area contributed by atoms with Crippen LogP contribution in [-0.4, -0.2) is 26.5 Å². The molecule has 20 heavy (non-hydrogen) atoms. The zero-order valence-electron chi connectivity index (χ0n) is 10.8. The zero-order chi connectivity index (χ0) is 15.0. The van der Waals surface area contributed by atoms with Crippen molar-refractivity contribution in [1.29, 1.82) is 0 Å². The molecule has 1 heterocycles. The Morgan fingerprint density at radius 1 is 1.50 bits per heavy atom. The first-order valence-corrected chi connectivity index (χ1v) is 8.34. The van der Waals surface area contributed by atoms with Crippen molar-refractivity contribution in [3.8, 4) is 0 Å². The molecule has 1 fully saturated rings. The average Bonchev–Trinajstić information content (AvgIpc) is 2.78. The van der Waals surface area contributed by atoms with Crippen LogP contribution in [0, 0.1) is 0 Å². The topological polar surface area (TPSA) is 98.5 Å². The van der Waals surface area contributed by atoms with Gasteiger partial charge in [0.2, 0.25) is 10.0 Å². The maximum Gasteiger partial charge on any atom is 0.256 e. The fourth-order valence-corrected chi connectivity index (χ4v) is 3.16. The van der Waals surface area contributed by atoms with Crippen LogP contribution in [-0.2, 0) is 19.6 Å². The van der Waals surface area contributed by atoms with E-state index in [0.717, 1.165) is 6.42 Å². The number of sulfonamides is 1. The maximum absolute atomic E-state index is 12.2. The van der Waals surface area contributed by atoms with Crippen LogP contribution >= 0.6 is 15.9 Å². The molecule has 0 radical (unpaired) electrons. The molecule has 0 spiro atoms. The number of benzene rings is 1. The lowest BCUT2D eigenvalue weighted by molar-refractivity contribution is -0.133. The van der Waals surface area contributed by atoms with Gasteiger partial charge in [-0.25, -0.2) is 13.6 Å². The van der Waals surface area contributed by atoms with Gasteiger partial charge in [-0.1, -0.05) is 0 Å². The quantitative estimate of drug-likeness (QED) is 0.852. The summed E-state index contributed by atoms with van der Waals surface area (Å²) in [7, 11) is -3.77. The summed E-state index contributed by atoms with van der Waals surface area (Å²) in [5.41, 5.74) is -0.364. The number of halogens is 1. The predicted molar refractivity (Wildman–Crippen MR) is 77.7 cm³/mol. The number of carbonyl (C=O) groups is 1. The van der Waals surface area contributed by atoms with Gasteiger partial charge in [-0.2, -0.15) is 0 Å². The highest BCUT2D eigenvalue weighted by Crippen LogP contribution is 2.30. The number of amides is 1. The molecule has 0 aliphatic carbocycles. The van der Waals surface area contributed by atoms with Crippen molar-refractivity contribution < 1.29 is 17.9 Å². The predicted octanol–water partition coefficient (Wildman–Crippen LogP) is 1.60. The molecule has 2 rings (SSSR count). The first-order chi connectivity index (χ1) is 9.22. The van der Waals surface area contributed by atoms with Crippen LogP contribution in [0.3, 0.4) is 0 Å². The molecule has 1 saturated heterocycles. The zero-order valence-corrected chi connectivity index (χ0v) is 13.3. The van der Waals surface area contributed by atoms with E-state index in [2.05, 4.69) is 21.2 Å². The van der Waals surface area contributed by atoms with E-state index >= 15 is 0 Å². The number of carbonyl (C=O) groups excluding carboxylic acids is 1. The molecule has 3 N–H and O–H groups in total. The summed E-state index contributed by atoms with van der Waals surface area (Å²) in [6.45, 7) is 2.30. The van der Waals surface area contributed by atoms with Crippen LogP contribution < -0.4 is 10.5 Å². The van der Waals surface area contributed by atoms with Gasteiger partial charge in [0.1, 0.15) is 5.60 Å². The lowest BCUT2D eigenvalue weighted by Gasteiger charge is -2.22. The first-order valence-electron chi connectivity index (χ1n) is 6.00. The maximum atomic E-state index is 12.2. The Kier molecular flexibility index (Phi) is 4.19. The van der Waals surface area contributed by atoms with E-state index in [9.17, 15) is 13.2 Å². The van der Waals surface area contributed by atoms with Gasteiger partial charge >= 0.3 is 0 Å². The second kappa shape index (κ2) is 5.44. The Labute approximate surface area is 125 Å². The smallest absolute Gasteiger partial charge is 0.256 e. The summed E-state index contributed by atoms with van der Waals surface area (Å²) in [6, 6.07) is 4.18. The summed E-state index contributed by atoms with van der Waals surface area (Å²) >= 11 is 3.22. The van der Waals surface area contributed by atoms with Crippen molar-refractivity contribution in [2.45, 2.75) is 30.3 Å². The number of hydrogen-bond donors (Lipinski definition) is 2. The van der Waals surface area contributed by atoms with E-state index in [1.165, 1.54) is 18.2 Å². The molecule has 0 aromatic heterocycles. The second-order valence-corrected chi connectivity index (χ2v) is 7.24. The molecule has 1 aromatic rings. The standard InChI is InChI=1S/C12H15BrN2O4S/c1-12(5-2-6-19-12)11(16)15-10-4-3-8(7-9(10)13)20(14,17)18/h3-4,7H,2,5-6H2,1H3,(H,15,16)(H2,14,17,18). The summed E-state index contributed by atoms with van der Waals surface area (Å²) in [4.78, 5) is 12.1. The first kappa shape index (κ1) is 15.4. The van der Waals surface area contributed by atoms with Gasteiger partial charge in [0.25, 0.3) is 5.91 Å². The van der Waals surface area contributed by atoms with Crippen molar-refractivity contribution in [3.63, 3.8) is 0 Å². The molecule has 1 aliphatic heterocycles. The van der Waals surface area contributed by atoms with Gasteiger partial charge in [-0.15, -0.1) is 0 Å². The molecular weight excluding hydrogens is 348 g/mol. The van der Waals surface area contributed by atoms with Gasteiger partial charge in [-0.05, 0) is 53.9 Å². The van der Waals surface area contributed by atoms with Crippen LogP contribution in [0.1, 0.15) is 19.8 Å². The van der Waals surface area contributed by atoms with E-state index in [1.54, 1.807) is 6.92 Å². The monoisotopic (exact) mass is 362 g/mol. The molecule has 1 unspecified atom stereocenters. The number of anilines is 1. The number of hydrogen-bond acceptors (Lipinski definition) is 4. The van der Waals surface area contributed by atoms with E-state index < -0.39 is 15.6 Å². The van der Waals surface area contributed by atoms with Gasteiger partial charge in [0, 0.05) is 11.1 Å². The summed E-state index contributed by atoms with van der Waals surface area (Å²) in [5, 5.41) is 7.77.